The summed E-state index contributed by atoms with van der Waals surface area (Å²) in [4.78, 5) is 23.5. The van der Waals surface area contributed by atoms with Crippen LogP contribution in [0.25, 0.3) is 10.8 Å². The number of rotatable bonds is 4. The smallest absolute Gasteiger partial charge is 0.279 e. The number of hydrogen-bond donors (Lipinski definition) is 0. The molecule has 0 unspecified atom stereocenters. The summed E-state index contributed by atoms with van der Waals surface area (Å²) in [5.41, 5.74) is 0.851. The van der Waals surface area contributed by atoms with Crippen LogP contribution in [0.2, 0.25) is 0 Å². The van der Waals surface area contributed by atoms with Crippen LogP contribution >= 0.6 is 0 Å². The lowest BCUT2D eigenvalue weighted by molar-refractivity contribution is -0.394. The van der Waals surface area contributed by atoms with E-state index in [9.17, 15) is 20.2 Å². The first-order chi connectivity index (χ1) is 13.9. The van der Waals surface area contributed by atoms with E-state index >= 15 is 0 Å². The second kappa shape index (κ2) is 7.14. The number of ether oxygens (including phenoxy) is 1. The number of benzene rings is 3. The van der Waals surface area contributed by atoms with Gasteiger partial charge in [-0.2, -0.15) is 0 Å². The van der Waals surface area contributed by atoms with Crippen LogP contribution in [0.1, 0.15) is 17.0 Å². The van der Waals surface area contributed by atoms with Crippen molar-refractivity contribution in [3.8, 4) is 5.75 Å². The molecule has 0 bridgehead atoms. The monoisotopic (exact) mass is 393 g/mol. The van der Waals surface area contributed by atoms with Gasteiger partial charge in [-0.1, -0.05) is 30.3 Å². The van der Waals surface area contributed by atoms with Crippen LogP contribution in [-0.4, -0.2) is 35.1 Å². The second-order valence-corrected chi connectivity index (χ2v) is 7.30. The molecule has 29 heavy (non-hydrogen) atoms. The molecule has 0 radical (unpaired) electrons. The van der Waals surface area contributed by atoms with Crippen LogP contribution in [-0.2, 0) is 6.42 Å². The topological polar surface area (TPSA) is 98.8 Å². The molecule has 4 rings (SSSR count). The number of likely N-dealkylation sites (N-methyl/N-ethyl adjacent to an activating group) is 1. The Kier molecular flexibility index (Phi) is 4.63. The number of nitro benzene ring substituents is 2. The highest BCUT2D eigenvalue weighted by atomic mass is 16.6. The van der Waals surface area contributed by atoms with Crippen molar-refractivity contribution in [3.63, 3.8) is 0 Å². The number of nitro groups is 2. The maximum atomic E-state index is 11.7. The molecule has 3 aromatic carbocycles. The zero-order valence-electron chi connectivity index (χ0n) is 15.9. The molecule has 0 fully saturated rings. The Morgan fingerprint density at radius 2 is 1.76 bits per heavy atom. The predicted molar refractivity (Wildman–Crippen MR) is 108 cm³/mol. The van der Waals surface area contributed by atoms with Gasteiger partial charge in [0.05, 0.1) is 15.9 Å². The summed E-state index contributed by atoms with van der Waals surface area (Å²) in [6, 6.07) is 15.7. The predicted octanol–water partition coefficient (Wildman–Crippen LogP) is 4.26. The molecular weight excluding hydrogens is 374 g/mol. The van der Waals surface area contributed by atoms with Gasteiger partial charge in [-0.05, 0) is 43.4 Å². The van der Waals surface area contributed by atoms with Crippen molar-refractivity contribution in [2.45, 2.75) is 18.6 Å². The normalized spacial score (nSPS) is 18.3. The summed E-state index contributed by atoms with van der Waals surface area (Å²) in [7, 11) is 3.70. The zero-order valence-corrected chi connectivity index (χ0v) is 15.9. The molecule has 1 heterocycles. The maximum absolute atomic E-state index is 11.7. The van der Waals surface area contributed by atoms with Crippen molar-refractivity contribution in [2.75, 3.05) is 14.1 Å². The molecule has 1 aliphatic rings. The Bertz CT molecular complexity index is 1130. The van der Waals surface area contributed by atoms with Gasteiger partial charge in [0.25, 0.3) is 11.4 Å². The highest BCUT2D eigenvalue weighted by Gasteiger charge is 2.38. The van der Waals surface area contributed by atoms with Gasteiger partial charge in [0.2, 0.25) is 0 Å². The third-order valence-electron chi connectivity index (χ3n) is 5.34. The maximum Gasteiger partial charge on any atom is 0.279 e. The van der Waals surface area contributed by atoms with Gasteiger partial charge in [-0.25, -0.2) is 0 Å². The van der Waals surface area contributed by atoms with E-state index in [4.69, 9.17) is 4.74 Å². The Labute approximate surface area is 166 Å². The van der Waals surface area contributed by atoms with Crippen LogP contribution in [0, 0.1) is 20.2 Å². The molecule has 0 saturated carbocycles. The van der Waals surface area contributed by atoms with E-state index in [1.54, 1.807) is 0 Å². The molecular formula is C21H19N3O5. The fourth-order valence-electron chi connectivity index (χ4n) is 4.02. The lowest BCUT2D eigenvalue weighted by Crippen LogP contribution is -2.42. The van der Waals surface area contributed by atoms with Crippen LogP contribution in [0.5, 0.6) is 5.75 Å². The van der Waals surface area contributed by atoms with Gasteiger partial charge in [-0.15, -0.1) is 0 Å². The van der Waals surface area contributed by atoms with Gasteiger partial charge in [0, 0.05) is 23.1 Å². The molecule has 0 saturated heterocycles. The molecule has 0 aliphatic carbocycles. The Morgan fingerprint density at radius 1 is 1.00 bits per heavy atom. The van der Waals surface area contributed by atoms with Crippen molar-refractivity contribution in [2.24, 2.45) is 0 Å². The average molecular weight is 393 g/mol. The molecule has 8 heteroatoms. The van der Waals surface area contributed by atoms with E-state index in [2.05, 4.69) is 0 Å². The van der Waals surface area contributed by atoms with Crippen molar-refractivity contribution >= 4 is 22.1 Å². The summed E-state index contributed by atoms with van der Waals surface area (Å²) < 4.78 is 6.25. The first kappa shape index (κ1) is 18.8. The summed E-state index contributed by atoms with van der Waals surface area (Å²) in [5, 5.41) is 24.9. The van der Waals surface area contributed by atoms with Crippen molar-refractivity contribution in [1.82, 2.24) is 4.90 Å². The van der Waals surface area contributed by atoms with Crippen LogP contribution in [0.4, 0.5) is 11.4 Å². The minimum Gasteiger partial charge on any atom is -0.474 e. The first-order valence-electron chi connectivity index (χ1n) is 9.13. The standard InChI is InChI=1S/C21H19N3O5/c1-22(2)21-18(16-9-8-14(23(25)26)11-19(16)24(27)28)12-17-15-6-4-3-5-13(15)7-10-20(17)29-21/h3-11,18,21H,12H2,1-2H3/t18-,21+/m0/s1. The van der Waals surface area contributed by atoms with Crippen LogP contribution < -0.4 is 4.74 Å². The van der Waals surface area contributed by atoms with E-state index in [1.165, 1.54) is 12.1 Å². The molecule has 2 atom stereocenters. The van der Waals surface area contributed by atoms with Crippen LogP contribution in [0.15, 0.2) is 54.6 Å². The van der Waals surface area contributed by atoms with E-state index in [0.29, 0.717) is 12.0 Å². The van der Waals surface area contributed by atoms with E-state index in [1.807, 2.05) is 55.4 Å². The molecule has 148 valence electrons. The van der Waals surface area contributed by atoms with Gasteiger partial charge in [-0.3, -0.25) is 25.1 Å². The second-order valence-electron chi connectivity index (χ2n) is 7.30. The lowest BCUT2D eigenvalue weighted by Gasteiger charge is -2.37. The summed E-state index contributed by atoms with van der Waals surface area (Å²) >= 11 is 0. The number of fused-ring (bicyclic) bond motifs is 3. The molecule has 3 aromatic rings. The summed E-state index contributed by atoms with van der Waals surface area (Å²) in [6.45, 7) is 0. The minimum atomic E-state index is -0.625. The average Bonchev–Trinajstić information content (AvgIpc) is 2.72. The van der Waals surface area contributed by atoms with Crippen molar-refractivity contribution in [3.05, 3.63) is 86.0 Å². The Morgan fingerprint density at radius 3 is 2.45 bits per heavy atom. The van der Waals surface area contributed by atoms with Crippen molar-refractivity contribution < 1.29 is 14.6 Å². The van der Waals surface area contributed by atoms with Crippen molar-refractivity contribution in [1.29, 1.82) is 0 Å². The minimum absolute atomic E-state index is 0.261. The molecule has 0 N–H and O–H groups in total. The van der Waals surface area contributed by atoms with Crippen LogP contribution in [0.3, 0.4) is 0 Å². The quantitative estimate of drug-likeness (QED) is 0.485. The largest absolute Gasteiger partial charge is 0.474 e. The highest BCUT2D eigenvalue weighted by Crippen LogP contribution is 2.43. The number of non-ortho nitro benzene ring substituents is 1. The molecule has 0 amide bonds. The molecule has 0 aromatic heterocycles. The Hall–Kier alpha value is -3.52. The van der Waals surface area contributed by atoms with E-state index in [0.717, 1.165) is 28.2 Å². The molecule has 0 spiro atoms. The van der Waals surface area contributed by atoms with E-state index in [-0.39, 0.29) is 17.3 Å². The fourth-order valence-corrected chi connectivity index (χ4v) is 4.02. The first-order valence-corrected chi connectivity index (χ1v) is 9.13. The van der Waals surface area contributed by atoms with E-state index < -0.39 is 16.1 Å². The summed E-state index contributed by atoms with van der Waals surface area (Å²) in [6.07, 6.45) is 0.0851. The summed E-state index contributed by atoms with van der Waals surface area (Å²) in [5.74, 6) is 0.396. The lowest BCUT2D eigenvalue weighted by atomic mass is 9.84. The van der Waals surface area contributed by atoms with Gasteiger partial charge in [0.1, 0.15) is 5.75 Å². The van der Waals surface area contributed by atoms with Gasteiger partial charge in [0.15, 0.2) is 6.23 Å². The van der Waals surface area contributed by atoms with Gasteiger partial charge < -0.3 is 4.74 Å². The Balaban J connectivity index is 1.88. The SMILES string of the molecule is CN(C)[C@@H]1Oc2ccc3ccccc3c2C[C@H]1c1ccc([N+](=O)[O-])cc1[N+](=O)[O-]. The highest BCUT2D eigenvalue weighted by molar-refractivity contribution is 5.88. The fraction of sp³-hybridized carbons (Fsp3) is 0.238. The number of hydrogen-bond acceptors (Lipinski definition) is 6. The third kappa shape index (κ3) is 3.27. The van der Waals surface area contributed by atoms with Gasteiger partial charge >= 0.3 is 0 Å². The third-order valence-corrected chi connectivity index (χ3v) is 5.34. The molecule has 8 nitrogen and oxygen atoms in total. The molecule has 1 aliphatic heterocycles. The zero-order chi connectivity index (χ0) is 20.7. The number of nitrogens with zero attached hydrogens (tertiary/aromatic N) is 3.